The Kier molecular flexibility index (Phi) is 6.53. The Morgan fingerprint density at radius 3 is 2.63 bits per heavy atom. The van der Waals surface area contributed by atoms with Crippen molar-refractivity contribution in [3.63, 3.8) is 0 Å². The van der Waals surface area contributed by atoms with E-state index in [0.29, 0.717) is 19.6 Å². The van der Waals surface area contributed by atoms with E-state index in [2.05, 4.69) is 5.32 Å². The van der Waals surface area contributed by atoms with Gasteiger partial charge in [0.2, 0.25) is 5.91 Å². The van der Waals surface area contributed by atoms with Crippen molar-refractivity contribution in [2.24, 2.45) is 5.41 Å². The maximum atomic E-state index is 11.6. The van der Waals surface area contributed by atoms with Crippen LogP contribution in [0.1, 0.15) is 25.8 Å². The number of nitrogens with one attached hydrogen (secondary N) is 1. The van der Waals surface area contributed by atoms with E-state index in [-0.39, 0.29) is 24.5 Å². The van der Waals surface area contributed by atoms with Crippen molar-refractivity contribution in [2.75, 3.05) is 19.8 Å². The molecule has 1 rings (SSSR count). The molecule has 0 bridgehead atoms. The quantitative estimate of drug-likeness (QED) is 0.752. The number of aliphatic hydroxyl groups excluding tert-OH is 1. The van der Waals surface area contributed by atoms with Gasteiger partial charge in [0.25, 0.3) is 0 Å². The summed E-state index contributed by atoms with van der Waals surface area (Å²) < 4.78 is 5.35. The van der Waals surface area contributed by atoms with Crippen molar-refractivity contribution in [1.82, 2.24) is 5.32 Å². The summed E-state index contributed by atoms with van der Waals surface area (Å²) in [6, 6.07) is 9.75. The van der Waals surface area contributed by atoms with E-state index in [1.54, 1.807) is 0 Å². The molecule has 0 aliphatic carbocycles. The normalized spacial score (nSPS) is 11.3. The summed E-state index contributed by atoms with van der Waals surface area (Å²) >= 11 is 0. The van der Waals surface area contributed by atoms with Gasteiger partial charge in [-0.05, 0) is 17.4 Å². The van der Waals surface area contributed by atoms with Crippen molar-refractivity contribution < 1.29 is 14.6 Å². The minimum Gasteiger partial charge on any atom is -0.396 e. The molecule has 1 aromatic rings. The van der Waals surface area contributed by atoms with Gasteiger partial charge in [-0.1, -0.05) is 44.2 Å². The molecule has 0 fully saturated rings. The highest BCUT2D eigenvalue weighted by molar-refractivity contribution is 5.77. The van der Waals surface area contributed by atoms with Crippen molar-refractivity contribution in [1.29, 1.82) is 0 Å². The number of rotatable bonds is 8. The van der Waals surface area contributed by atoms with Crippen LogP contribution in [0, 0.1) is 5.41 Å². The van der Waals surface area contributed by atoms with E-state index in [1.807, 2.05) is 44.2 Å². The lowest BCUT2D eigenvalue weighted by molar-refractivity contribution is -0.126. The number of amides is 1. The van der Waals surface area contributed by atoms with Crippen molar-refractivity contribution in [2.45, 2.75) is 26.9 Å². The summed E-state index contributed by atoms with van der Waals surface area (Å²) in [5.74, 6) is -0.123. The Hall–Kier alpha value is -1.39. The summed E-state index contributed by atoms with van der Waals surface area (Å²) in [5.41, 5.74) is 0.958. The fourth-order valence-corrected chi connectivity index (χ4v) is 1.62. The highest BCUT2D eigenvalue weighted by Gasteiger charge is 2.17. The van der Waals surface area contributed by atoms with Gasteiger partial charge < -0.3 is 15.2 Å². The number of benzene rings is 1. The standard InChI is InChI=1S/C15H23NO3/c1-15(2,8-9-17)12-16-14(18)11-19-10-13-6-4-3-5-7-13/h3-7,17H,8-12H2,1-2H3,(H,16,18). The van der Waals surface area contributed by atoms with Gasteiger partial charge in [0.15, 0.2) is 0 Å². The average molecular weight is 265 g/mol. The summed E-state index contributed by atoms with van der Waals surface area (Å²) in [5, 5.41) is 11.7. The lowest BCUT2D eigenvalue weighted by Crippen LogP contribution is -2.36. The molecule has 19 heavy (non-hydrogen) atoms. The lowest BCUT2D eigenvalue weighted by Gasteiger charge is -2.23. The van der Waals surface area contributed by atoms with Gasteiger partial charge in [-0.3, -0.25) is 4.79 Å². The van der Waals surface area contributed by atoms with E-state index in [0.717, 1.165) is 5.56 Å². The number of ether oxygens (including phenoxy) is 1. The smallest absolute Gasteiger partial charge is 0.246 e. The molecular weight excluding hydrogens is 242 g/mol. The minimum atomic E-state index is -0.123. The fourth-order valence-electron chi connectivity index (χ4n) is 1.62. The average Bonchev–Trinajstić information content (AvgIpc) is 2.38. The second kappa shape index (κ2) is 7.92. The first kappa shape index (κ1) is 15.7. The third kappa shape index (κ3) is 6.94. The maximum Gasteiger partial charge on any atom is 0.246 e. The van der Waals surface area contributed by atoms with Crippen LogP contribution in [0.15, 0.2) is 30.3 Å². The minimum absolute atomic E-state index is 0.0596. The molecule has 0 heterocycles. The summed E-state index contributed by atoms with van der Waals surface area (Å²) in [4.78, 5) is 11.6. The van der Waals surface area contributed by atoms with Crippen LogP contribution in [-0.2, 0) is 16.1 Å². The first-order chi connectivity index (χ1) is 9.03. The Labute approximate surface area is 114 Å². The zero-order valence-corrected chi connectivity index (χ0v) is 11.7. The fraction of sp³-hybridized carbons (Fsp3) is 0.533. The predicted octanol–water partition coefficient (Wildman–Crippen LogP) is 1.73. The van der Waals surface area contributed by atoms with Gasteiger partial charge in [-0.25, -0.2) is 0 Å². The molecule has 1 amide bonds. The van der Waals surface area contributed by atoms with Crippen LogP contribution in [0.25, 0.3) is 0 Å². The highest BCUT2D eigenvalue weighted by Crippen LogP contribution is 2.17. The van der Waals surface area contributed by atoms with Gasteiger partial charge in [0, 0.05) is 13.2 Å². The van der Waals surface area contributed by atoms with Crippen LogP contribution in [0.4, 0.5) is 0 Å². The highest BCUT2D eigenvalue weighted by atomic mass is 16.5. The molecule has 1 aromatic carbocycles. The SMILES string of the molecule is CC(C)(CCO)CNC(=O)COCc1ccccc1. The predicted molar refractivity (Wildman–Crippen MR) is 74.6 cm³/mol. The van der Waals surface area contributed by atoms with E-state index >= 15 is 0 Å². The molecule has 2 N–H and O–H groups in total. The first-order valence-electron chi connectivity index (χ1n) is 6.53. The molecule has 106 valence electrons. The Bertz CT molecular complexity index is 376. The van der Waals surface area contributed by atoms with Crippen LogP contribution in [0.3, 0.4) is 0 Å². The molecule has 0 spiro atoms. The molecule has 4 nitrogen and oxygen atoms in total. The van der Waals surface area contributed by atoms with E-state index in [9.17, 15) is 4.79 Å². The van der Waals surface area contributed by atoms with Gasteiger partial charge in [0.05, 0.1) is 6.61 Å². The van der Waals surface area contributed by atoms with Crippen LogP contribution in [0.2, 0.25) is 0 Å². The van der Waals surface area contributed by atoms with Gasteiger partial charge in [-0.2, -0.15) is 0 Å². The largest absolute Gasteiger partial charge is 0.396 e. The molecule has 0 saturated heterocycles. The molecule has 0 radical (unpaired) electrons. The van der Waals surface area contributed by atoms with Gasteiger partial charge in [0.1, 0.15) is 6.61 Å². The zero-order valence-electron chi connectivity index (χ0n) is 11.7. The maximum absolute atomic E-state index is 11.6. The second-order valence-corrected chi connectivity index (χ2v) is 5.39. The zero-order chi connectivity index (χ0) is 14.1. The van der Waals surface area contributed by atoms with Crippen LogP contribution >= 0.6 is 0 Å². The molecule has 0 saturated carbocycles. The Balaban J connectivity index is 2.18. The van der Waals surface area contributed by atoms with E-state index < -0.39 is 0 Å². The molecular formula is C15H23NO3. The number of hydrogen-bond acceptors (Lipinski definition) is 3. The second-order valence-electron chi connectivity index (χ2n) is 5.39. The van der Waals surface area contributed by atoms with Crippen molar-refractivity contribution >= 4 is 5.91 Å². The lowest BCUT2D eigenvalue weighted by atomic mass is 9.90. The van der Waals surface area contributed by atoms with Crippen molar-refractivity contribution in [3.05, 3.63) is 35.9 Å². The number of aliphatic hydroxyl groups is 1. The van der Waals surface area contributed by atoms with Crippen LogP contribution in [-0.4, -0.2) is 30.8 Å². The first-order valence-corrected chi connectivity index (χ1v) is 6.53. The summed E-state index contributed by atoms with van der Waals surface area (Å²) in [6.45, 7) is 5.19. The van der Waals surface area contributed by atoms with Crippen molar-refractivity contribution in [3.8, 4) is 0 Å². The third-order valence-corrected chi connectivity index (χ3v) is 2.90. The van der Waals surface area contributed by atoms with Gasteiger partial charge >= 0.3 is 0 Å². The molecule has 4 heteroatoms. The van der Waals surface area contributed by atoms with E-state index in [4.69, 9.17) is 9.84 Å². The molecule has 0 aromatic heterocycles. The molecule has 0 aliphatic rings. The number of hydrogen-bond donors (Lipinski definition) is 2. The van der Waals surface area contributed by atoms with Gasteiger partial charge in [-0.15, -0.1) is 0 Å². The third-order valence-electron chi connectivity index (χ3n) is 2.90. The Morgan fingerprint density at radius 1 is 1.32 bits per heavy atom. The monoisotopic (exact) mass is 265 g/mol. The molecule has 0 aliphatic heterocycles. The number of carbonyl (C=O) groups excluding carboxylic acids is 1. The topological polar surface area (TPSA) is 58.6 Å². The Morgan fingerprint density at radius 2 is 2.00 bits per heavy atom. The summed E-state index contributed by atoms with van der Waals surface area (Å²) in [6.07, 6.45) is 0.665. The number of carbonyl (C=O) groups is 1. The summed E-state index contributed by atoms with van der Waals surface area (Å²) in [7, 11) is 0. The van der Waals surface area contributed by atoms with Crippen LogP contribution in [0.5, 0.6) is 0 Å². The molecule has 0 atom stereocenters. The van der Waals surface area contributed by atoms with E-state index in [1.165, 1.54) is 0 Å². The van der Waals surface area contributed by atoms with Crippen LogP contribution < -0.4 is 5.32 Å². The molecule has 0 unspecified atom stereocenters.